The van der Waals surface area contributed by atoms with Gasteiger partial charge in [0.1, 0.15) is 12.3 Å². The van der Waals surface area contributed by atoms with E-state index >= 15 is 0 Å². The number of amides is 1. The third-order valence-corrected chi connectivity index (χ3v) is 3.46. The van der Waals surface area contributed by atoms with Gasteiger partial charge in [-0.25, -0.2) is 0 Å². The molecule has 22 heavy (non-hydrogen) atoms. The highest BCUT2D eigenvalue weighted by molar-refractivity contribution is 5.76. The van der Waals surface area contributed by atoms with Gasteiger partial charge in [0, 0.05) is 12.1 Å². The lowest BCUT2D eigenvalue weighted by molar-refractivity contribution is -0.885. The van der Waals surface area contributed by atoms with Gasteiger partial charge < -0.3 is 15.0 Å². The molecule has 1 amide bonds. The standard InChI is InChI=1S/C18H22N2O2/c1-20(13-16-8-10-17(22-2)11-9-16)14-18(21)19-12-15-6-4-3-5-7-15/h3-11H,12-14H2,1-2H3,(H,19,21)/p+1. The predicted molar refractivity (Wildman–Crippen MR) is 86.7 cm³/mol. The van der Waals surface area contributed by atoms with Crippen molar-refractivity contribution in [3.8, 4) is 5.75 Å². The number of rotatable bonds is 7. The van der Waals surface area contributed by atoms with Crippen LogP contribution in [0.5, 0.6) is 5.75 Å². The summed E-state index contributed by atoms with van der Waals surface area (Å²) in [4.78, 5) is 13.1. The molecule has 2 aromatic carbocycles. The van der Waals surface area contributed by atoms with Crippen molar-refractivity contribution < 1.29 is 14.4 Å². The first-order valence-electron chi connectivity index (χ1n) is 7.42. The number of ether oxygens (including phenoxy) is 1. The van der Waals surface area contributed by atoms with Gasteiger partial charge in [0.25, 0.3) is 5.91 Å². The molecule has 2 rings (SSSR count). The van der Waals surface area contributed by atoms with Crippen LogP contribution in [-0.4, -0.2) is 26.6 Å². The number of likely N-dealkylation sites (N-methyl/N-ethyl adjacent to an activating group) is 1. The lowest BCUT2D eigenvalue weighted by atomic mass is 10.2. The topological polar surface area (TPSA) is 42.8 Å². The molecular weight excluding hydrogens is 276 g/mol. The maximum absolute atomic E-state index is 12.0. The zero-order valence-corrected chi connectivity index (χ0v) is 13.1. The Morgan fingerprint density at radius 3 is 2.36 bits per heavy atom. The van der Waals surface area contributed by atoms with Crippen LogP contribution in [0.15, 0.2) is 54.6 Å². The summed E-state index contributed by atoms with van der Waals surface area (Å²) < 4.78 is 5.14. The summed E-state index contributed by atoms with van der Waals surface area (Å²) in [5, 5.41) is 2.95. The van der Waals surface area contributed by atoms with Crippen molar-refractivity contribution in [1.82, 2.24) is 5.32 Å². The largest absolute Gasteiger partial charge is 0.497 e. The van der Waals surface area contributed by atoms with Crippen LogP contribution in [0, 0.1) is 0 Å². The molecule has 0 aliphatic heterocycles. The fraction of sp³-hybridized carbons (Fsp3) is 0.278. The molecule has 0 bridgehead atoms. The normalized spacial score (nSPS) is 11.7. The van der Waals surface area contributed by atoms with Crippen molar-refractivity contribution >= 4 is 5.91 Å². The molecule has 1 atom stereocenters. The Kier molecular flexibility index (Phi) is 5.98. The number of hydrogen-bond acceptors (Lipinski definition) is 2. The first kappa shape index (κ1) is 16.0. The van der Waals surface area contributed by atoms with Crippen LogP contribution in [-0.2, 0) is 17.9 Å². The quantitative estimate of drug-likeness (QED) is 0.802. The summed E-state index contributed by atoms with van der Waals surface area (Å²) in [7, 11) is 3.68. The second-order valence-corrected chi connectivity index (χ2v) is 5.42. The molecule has 0 saturated carbocycles. The monoisotopic (exact) mass is 299 g/mol. The Morgan fingerprint density at radius 2 is 1.73 bits per heavy atom. The van der Waals surface area contributed by atoms with E-state index in [4.69, 9.17) is 4.74 Å². The maximum atomic E-state index is 12.0. The van der Waals surface area contributed by atoms with E-state index < -0.39 is 0 Å². The number of quaternary nitrogens is 1. The fourth-order valence-electron chi connectivity index (χ4n) is 2.29. The average Bonchev–Trinajstić information content (AvgIpc) is 2.54. The van der Waals surface area contributed by atoms with Gasteiger partial charge in [0.15, 0.2) is 6.54 Å². The highest BCUT2D eigenvalue weighted by atomic mass is 16.5. The molecule has 1 unspecified atom stereocenters. The zero-order valence-electron chi connectivity index (χ0n) is 13.1. The average molecular weight is 299 g/mol. The number of carbonyl (C=O) groups is 1. The molecule has 0 fully saturated rings. The molecule has 2 aromatic rings. The minimum Gasteiger partial charge on any atom is -0.497 e. The summed E-state index contributed by atoms with van der Waals surface area (Å²) in [6.07, 6.45) is 0. The number of benzene rings is 2. The smallest absolute Gasteiger partial charge is 0.275 e. The summed E-state index contributed by atoms with van der Waals surface area (Å²) in [5.74, 6) is 0.914. The van der Waals surface area contributed by atoms with Crippen LogP contribution in [0.4, 0.5) is 0 Å². The summed E-state index contributed by atoms with van der Waals surface area (Å²) in [5.41, 5.74) is 2.30. The zero-order chi connectivity index (χ0) is 15.8. The summed E-state index contributed by atoms with van der Waals surface area (Å²) >= 11 is 0. The van der Waals surface area contributed by atoms with Crippen LogP contribution in [0.1, 0.15) is 11.1 Å². The number of methoxy groups -OCH3 is 1. The van der Waals surface area contributed by atoms with E-state index in [1.54, 1.807) is 7.11 Å². The highest BCUT2D eigenvalue weighted by Gasteiger charge is 2.10. The highest BCUT2D eigenvalue weighted by Crippen LogP contribution is 2.10. The Bertz CT molecular complexity index is 582. The third kappa shape index (κ3) is 5.22. The second kappa shape index (κ2) is 8.20. The SMILES string of the molecule is COc1ccc(C[NH+](C)CC(=O)NCc2ccccc2)cc1. The molecule has 0 aromatic heterocycles. The van der Waals surface area contributed by atoms with Gasteiger partial charge in [0.2, 0.25) is 0 Å². The number of nitrogens with one attached hydrogen (secondary N) is 2. The molecule has 0 saturated heterocycles. The van der Waals surface area contributed by atoms with Gasteiger partial charge in [-0.3, -0.25) is 4.79 Å². The van der Waals surface area contributed by atoms with Crippen molar-refractivity contribution in [3.63, 3.8) is 0 Å². The molecule has 4 nitrogen and oxygen atoms in total. The summed E-state index contributed by atoms with van der Waals surface area (Å²) in [6.45, 7) is 1.84. The Hall–Kier alpha value is -2.33. The van der Waals surface area contributed by atoms with Crippen LogP contribution in [0.3, 0.4) is 0 Å². The van der Waals surface area contributed by atoms with Crippen molar-refractivity contribution in [2.45, 2.75) is 13.1 Å². The van der Waals surface area contributed by atoms with Crippen LogP contribution >= 0.6 is 0 Å². The van der Waals surface area contributed by atoms with E-state index in [-0.39, 0.29) is 5.91 Å². The van der Waals surface area contributed by atoms with Crippen molar-refractivity contribution in [1.29, 1.82) is 0 Å². The van der Waals surface area contributed by atoms with Gasteiger partial charge in [0.05, 0.1) is 14.2 Å². The molecule has 0 heterocycles. The lowest BCUT2D eigenvalue weighted by Crippen LogP contribution is -3.08. The third-order valence-electron chi connectivity index (χ3n) is 3.46. The molecular formula is C18H23N2O2+. The second-order valence-electron chi connectivity index (χ2n) is 5.42. The van der Waals surface area contributed by atoms with E-state index in [0.29, 0.717) is 13.1 Å². The van der Waals surface area contributed by atoms with Gasteiger partial charge in [-0.15, -0.1) is 0 Å². The number of carbonyl (C=O) groups excluding carboxylic acids is 1. The molecule has 4 heteroatoms. The van der Waals surface area contributed by atoms with Gasteiger partial charge in [-0.2, -0.15) is 0 Å². The van der Waals surface area contributed by atoms with E-state index in [2.05, 4.69) is 5.32 Å². The number of hydrogen-bond donors (Lipinski definition) is 2. The first-order chi connectivity index (χ1) is 10.7. The van der Waals surface area contributed by atoms with E-state index in [0.717, 1.165) is 22.8 Å². The van der Waals surface area contributed by atoms with Gasteiger partial charge in [-0.1, -0.05) is 30.3 Å². The lowest BCUT2D eigenvalue weighted by Gasteiger charge is -2.14. The minimum absolute atomic E-state index is 0.0647. The Balaban J connectivity index is 1.75. The van der Waals surface area contributed by atoms with Crippen molar-refractivity contribution in [2.75, 3.05) is 20.7 Å². The molecule has 0 radical (unpaired) electrons. The molecule has 116 valence electrons. The van der Waals surface area contributed by atoms with Gasteiger partial charge >= 0.3 is 0 Å². The predicted octanol–water partition coefficient (Wildman–Crippen LogP) is 1.03. The molecule has 0 aliphatic rings. The van der Waals surface area contributed by atoms with E-state index in [1.807, 2.05) is 61.6 Å². The van der Waals surface area contributed by atoms with Gasteiger partial charge in [-0.05, 0) is 29.8 Å². The van der Waals surface area contributed by atoms with E-state index in [1.165, 1.54) is 5.56 Å². The van der Waals surface area contributed by atoms with Crippen LogP contribution in [0.2, 0.25) is 0 Å². The van der Waals surface area contributed by atoms with Crippen LogP contribution in [0.25, 0.3) is 0 Å². The Labute approximate surface area is 131 Å². The maximum Gasteiger partial charge on any atom is 0.275 e. The minimum atomic E-state index is 0.0647. The molecule has 0 aliphatic carbocycles. The molecule has 0 spiro atoms. The fourth-order valence-corrected chi connectivity index (χ4v) is 2.29. The van der Waals surface area contributed by atoms with Crippen molar-refractivity contribution in [3.05, 3.63) is 65.7 Å². The summed E-state index contributed by atoms with van der Waals surface area (Å²) in [6, 6.07) is 17.9. The van der Waals surface area contributed by atoms with Crippen LogP contribution < -0.4 is 15.0 Å². The van der Waals surface area contributed by atoms with Crippen molar-refractivity contribution in [2.24, 2.45) is 0 Å². The Morgan fingerprint density at radius 1 is 1.05 bits per heavy atom. The first-order valence-corrected chi connectivity index (χ1v) is 7.42. The van der Waals surface area contributed by atoms with E-state index in [9.17, 15) is 4.79 Å². The molecule has 2 N–H and O–H groups in total.